The Balaban J connectivity index is 0.976. The Kier molecular flexibility index (Phi) is 8.80. The first kappa shape index (κ1) is 30.4. The molecule has 47 heavy (non-hydrogen) atoms. The lowest BCUT2D eigenvalue weighted by molar-refractivity contribution is 0.0650. The Labute approximate surface area is 275 Å². The monoisotopic (exact) mass is 622 g/mol. The number of anilines is 2. The molecule has 7 heteroatoms. The molecule has 1 saturated heterocycles. The number of nitrogens with zero attached hydrogens (tertiary/aromatic N) is 3. The summed E-state index contributed by atoms with van der Waals surface area (Å²) in [5.74, 6) is -0.467. The van der Waals surface area contributed by atoms with Crippen LogP contribution in [0.5, 0.6) is 0 Å². The Morgan fingerprint density at radius 3 is 2.04 bits per heavy atom. The Bertz CT molecular complexity index is 1890. The summed E-state index contributed by atoms with van der Waals surface area (Å²) >= 11 is 0. The van der Waals surface area contributed by atoms with Crippen molar-refractivity contribution in [1.29, 1.82) is 0 Å². The normalized spacial score (nSPS) is 14.9. The molecule has 1 N–H and O–H groups in total. The summed E-state index contributed by atoms with van der Waals surface area (Å²) in [5.41, 5.74) is 5.69. The van der Waals surface area contributed by atoms with E-state index in [-0.39, 0.29) is 17.7 Å². The fraction of sp³-hybridized carbons (Fsp3) is 0.225. The van der Waals surface area contributed by atoms with Crippen molar-refractivity contribution in [2.75, 3.05) is 49.5 Å². The van der Waals surface area contributed by atoms with Gasteiger partial charge in [-0.3, -0.25) is 24.2 Å². The molecule has 2 aliphatic heterocycles. The van der Waals surface area contributed by atoms with Crippen molar-refractivity contribution in [3.8, 4) is 11.1 Å². The van der Waals surface area contributed by atoms with Gasteiger partial charge in [0.1, 0.15) is 0 Å². The van der Waals surface area contributed by atoms with Crippen LogP contribution >= 0.6 is 0 Å². The molecular weight excluding hydrogens is 584 g/mol. The predicted molar refractivity (Wildman–Crippen MR) is 188 cm³/mol. The van der Waals surface area contributed by atoms with E-state index in [1.54, 1.807) is 24.3 Å². The van der Waals surface area contributed by atoms with Gasteiger partial charge >= 0.3 is 0 Å². The van der Waals surface area contributed by atoms with Crippen LogP contribution in [0.1, 0.15) is 50.3 Å². The average Bonchev–Trinajstić information content (AvgIpc) is 3.36. The molecule has 0 radical (unpaired) electrons. The molecule has 0 spiro atoms. The molecule has 3 amide bonds. The molecule has 0 bridgehead atoms. The Hall–Kier alpha value is -5.27. The number of hydrogen-bond acceptors (Lipinski definition) is 5. The Morgan fingerprint density at radius 1 is 0.617 bits per heavy atom. The van der Waals surface area contributed by atoms with E-state index in [0.29, 0.717) is 23.2 Å². The zero-order valence-corrected chi connectivity index (χ0v) is 26.4. The number of imide groups is 1. The number of hydrogen-bond donors (Lipinski definition) is 1. The van der Waals surface area contributed by atoms with E-state index >= 15 is 0 Å². The third-order valence-corrected chi connectivity index (χ3v) is 9.33. The highest BCUT2D eigenvalue weighted by atomic mass is 16.2. The first-order chi connectivity index (χ1) is 23.1. The van der Waals surface area contributed by atoms with Gasteiger partial charge in [0, 0.05) is 38.3 Å². The number of benzene rings is 5. The van der Waals surface area contributed by atoms with E-state index in [1.807, 2.05) is 60.7 Å². The Morgan fingerprint density at radius 2 is 1.28 bits per heavy atom. The van der Waals surface area contributed by atoms with Crippen LogP contribution in [0.4, 0.5) is 11.4 Å². The number of carbonyl (C=O) groups excluding carboxylic acids is 3. The number of piperazine rings is 1. The van der Waals surface area contributed by atoms with Crippen LogP contribution in [-0.2, 0) is 0 Å². The first-order valence-electron chi connectivity index (χ1n) is 16.5. The number of unbranched alkanes of at least 4 members (excludes halogenated alkanes) is 2. The van der Waals surface area contributed by atoms with Gasteiger partial charge in [-0.1, -0.05) is 91.3 Å². The van der Waals surface area contributed by atoms with Crippen molar-refractivity contribution in [1.82, 2.24) is 9.80 Å². The van der Waals surface area contributed by atoms with Crippen LogP contribution in [0.15, 0.2) is 115 Å². The summed E-state index contributed by atoms with van der Waals surface area (Å²) in [7, 11) is 0. The zero-order valence-electron chi connectivity index (χ0n) is 26.4. The molecule has 7 nitrogen and oxygen atoms in total. The molecule has 5 aromatic rings. The van der Waals surface area contributed by atoms with E-state index in [9.17, 15) is 14.4 Å². The molecule has 0 atom stereocenters. The topological polar surface area (TPSA) is 73.0 Å². The summed E-state index contributed by atoms with van der Waals surface area (Å²) in [5, 5.41) is 5.25. The maximum absolute atomic E-state index is 13.7. The fourth-order valence-corrected chi connectivity index (χ4v) is 6.77. The second-order valence-electron chi connectivity index (χ2n) is 12.3. The van der Waals surface area contributed by atoms with Crippen LogP contribution in [-0.4, -0.2) is 66.8 Å². The van der Waals surface area contributed by atoms with Gasteiger partial charge < -0.3 is 10.2 Å². The number of rotatable bonds is 10. The van der Waals surface area contributed by atoms with Crippen molar-refractivity contribution < 1.29 is 14.4 Å². The maximum Gasteiger partial charge on any atom is 0.261 e. The maximum atomic E-state index is 13.7. The standard InChI is InChI=1S/C40H38N4O3/c45-38(33-19-11-15-30-14-5-6-16-32(30)33)41-36-28-31(29-12-3-1-4-13-29)20-21-37(36)43-26-24-42(25-27-43)22-9-2-10-23-44-39(46)34-17-7-8-18-35(34)40(44)47/h1,3-8,11-21,28H,2,9-10,22-27H2,(H,41,45). The fourth-order valence-electron chi connectivity index (χ4n) is 6.77. The molecule has 0 unspecified atom stereocenters. The number of carbonyl (C=O) groups is 3. The van der Waals surface area contributed by atoms with Gasteiger partial charge in [0.25, 0.3) is 17.7 Å². The molecule has 0 saturated carbocycles. The lowest BCUT2D eigenvalue weighted by Crippen LogP contribution is -2.46. The van der Waals surface area contributed by atoms with Gasteiger partial charge in [-0.2, -0.15) is 0 Å². The van der Waals surface area contributed by atoms with E-state index in [1.165, 1.54) is 4.90 Å². The molecule has 2 heterocycles. The molecule has 236 valence electrons. The molecule has 1 fully saturated rings. The van der Waals surface area contributed by atoms with Gasteiger partial charge in [-0.05, 0) is 71.6 Å². The predicted octanol–water partition coefficient (Wildman–Crippen LogP) is 7.35. The van der Waals surface area contributed by atoms with E-state index < -0.39 is 0 Å². The molecular formula is C40H38N4O3. The van der Waals surface area contributed by atoms with Gasteiger partial charge in [0.2, 0.25) is 0 Å². The number of amides is 3. The minimum absolute atomic E-state index is 0.117. The molecule has 0 aliphatic carbocycles. The van der Waals surface area contributed by atoms with Crippen molar-refractivity contribution in [2.24, 2.45) is 0 Å². The lowest BCUT2D eigenvalue weighted by Gasteiger charge is -2.37. The van der Waals surface area contributed by atoms with Crippen molar-refractivity contribution in [2.45, 2.75) is 19.3 Å². The smallest absolute Gasteiger partial charge is 0.261 e. The highest BCUT2D eigenvalue weighted by molar-refractivity contribution is 6.21. The van der Waals surface area contributed by atoms with Crippen LogP contribution < -0.4 is 10.2 Å². The molecule has 0 aromatic heterocycles. The average molecular weight is 623 g/mol. The van der Waals surface area contributed by atoms with Crippen LogP contribution in [0.2, 0.25) is 0 Å². The second-order valence-corrected chi connectivity index (χ2v) is 12.3. The minimum atomic E-state index is -0.175. The van der Waals surface area contributed by atoms with Crippen molar-refractivity contribution in [3.05, 3.63) is 132 Å². The third-order valence-electron chi connectivity index (χ3n) is 9.33. The third kappa shape index (κ3) is 6.40. The van der Waals surface area contributed by atoms with E-state index in [4.69, 9.17) is 0 Å². The van der Waals surface area contributed by atoms with Crippen LogP contribution in [0.25, 0.3) is 21.9 Å². The van der Waals surface area contributed by atoms with E-state index in [0.717, 1.165) is 85.3 Å². The SMILES string of the molecule is O=C(Nc1cc(-c2ccccc2)ccc1N1CCN(CCCCCN2C(=O)c3ccccc3C2=O)CC1)c1cccc2ccccc12. The molecule has 5 aromatic carbocycles. The summed E-state index contributed by atoms with van der Waals surface area (Å²) in [4.78, 5) is 45.2. The highest BCUT2D eigenvalue weighted by Gasteiger charge is 2.34. The van der Waals surface area contributed by atoms with Crippen molar-refractivity contribution in [3.63, 3.8) is 0 Å². The summed E-state index contributed by atoms with van der Waals surface area (Å²) < 4.78 is 0. The van der Waals surface area contributed by atoms with Gasteiger partial charge in [0.05, 0.1) is 22.5 Å². The summed E-state index contributed by atoms with van der Waals surface area (Å²) in [6, 6.07) is 37.5. The van der Waals surface area contributed by atoms with Crippen LogP contribution in [0.3, 0.4) is 0 Å². The summed E-state index contributed by atoms with van der Waals surface area (Å²) in [6.07, 6.45) is 2.78. The molecule has 7 rings (SSSR count). The summed E-state index contributed by atoms with van der Waals surface area (Å²) in [6.45, 7) is 5.01. The largest absolute Gasteiger partial charge is 0.367 e. The number of fused-ring (bicyclic) bond motifs is 2. The highest BCUT2D eigenvalue weighted by Crippen LogP contribution is 2.33. The van der Waals surface area contributed by atoms with Gasteiger partial charge in [-0.15, -0.1) is 0 Å². The quantitative estimate of drug-likeness (QED) is 0.130. The van der Waals surface area contributed by atoms with Gasteiger partial charge in [-0.25, -0.2) is 0 Å². The van der Waals surface area contributed by atoms with Crippen LogP contribution in [0, 0.1) is 0 Å². The second kappa shape index (κ2) is 13.6. The zero-order chi connectivity index (χ0) is 32.2. The van der Waals surface area contributed by atoms with Gasteiger partial charge in [0.15, 0.2) is 0 Å². The minimum Gasteiger partial charge on any atom is -0.367 e. The van der Waals surface area contributed by atoms with E-state index in [2.05, 4.69) is 45.4 Å². The first-order valence-corrected chi connectivity index (χ1v) is 16.5. The number of nitrogens with one attached hydrogen (secondary N) is 1. The van der Waals surface area contributed by atoms with Crippen molar-refractivity contribution >= 4 is 39.9 Å². The lowest BCUT2D eigenvalue weighted by atomic mass is 10.0. The molecule has 2 aliphatic rings.